The van der Waals surface area contributed by atoms with E-state index < -0.39 is 6.10 Å². The van der Waals surface area contributed by atoms with E-state index in [2.05, 4.69) is 18.3 Å². The minimum absolute atomic E-state index is 0.129. The van der Waals surface area contributed by atoms with Gasteiger partial charge in [-0.2, -0.15) is 0 Å². The van der Waals surface area contributed by atoms with Crippen molar-refractivity contribution in [2.75, 3.05) is 5.32 Å². The molecule has 1 amide bonds. The molecule has 0 radical (unpaired) electrons. The molecule has 0 aliphatic rings. The highest BCUT2D eigenvalue weighted by Gasteiger charge is 2.18. The Balaban J connectivity index is 1.73. The molecule has 3 rings (SSSR count). The maximum absolute atomic E-state index is 12.6. The van der Waals surface area contributed by atoms with Gasteiger partial charge < -0.3 is 10.1 Å². The molecule has 3 heteroatoms. The minimum Gasteiger partial charge on any atom is -0.481 e. The number of nitrogens with one attached hydrogen (secondary N) is 1. The van der Waals surface area contributed by atoms with Gasteiger partial charge in [0.1, 0.15) is 5.75 Å². The van der Waals surface area contributed by atoms with Gasteiger partial charge in [0.05, 0.1) is 0 Å². The molecule has 0 heterocycles. The Hall–Kier alpha value is -2.81. The number of hydrogen-bond acceptors (Lipinski definition) is 2. The van der Waals surface area contributed by atoms with E-state index in [-0.39, 0.29) is 5.91 Å². The summed E-state index contributed by atoms with van der Waals surface area (Å²) in [6.07, 6.45) is 0.0837. The van der Waals surface area contributed by atoms with E-state index in [4.69, 9.17) is 4.74 Å². The fourth-order valence-electron chi connectivity index (χ4n) is 2.76. The molecule has 0 aromatic heterocycles. The Morgan fingerprint density at radius 2 is 1.72 bits per heavy atom. The van der Waals surface area contributed by atoms with Gasteiger partial charge in [0.25, 0.3) is 5.91 Å². The molecule has 3 aromatic carbocycles. The quantitative estimate of drug-likeness (QED) is 0.692. The van der Waals surface area contributed by atoms with E-state index in [9.17, 15) is 4.79 Å². The summed E-state index contributed by atoms with van der Waals surface area (Å²) < 4.78 is 5.91. The first-order chi connectivity index (χ1) is 12.1. The van der Waals surface area contributed by atoms with Crippen LogP contribution in [0.2, 0.25) is 0 Å². The molecular formula is C22H23NO2. The standard InChI is InChI=1S/C22H23NO2/c1-4-21(25-20-12-9-15(2)16(3)13-20)22(24)23-19-11-10-17-7-5-6-8-18(17)14-19/h5-14,21H,4H2,1-3H3,(H,23,24)/t21-/m0/s1. The van der Waals surface area contributed by atoms with E-state index >= 15 is 0 Å². The highest BCUT2D eigenvalue weighted by atomic mass is 16.5. The molecule has 0 aliphatic heterocycles. The van der Waals surface area contributed by atoms with Crippen LogP contribution < -0.4 is 10.1 Å². The molecule has 0 aliphatic carbocycles. The van der Waals surface area contributed by atoms with Crippen LogP contribution in [0.15, 0.2) is 60.7 Å². The normalized spacial score (nSPS) is 12.0. The van der Waals surface area contributed by atoms with E-state index in [0.717, 1.165) is 27.8 Å². The SMILES string of the molecule is CC[C@H](Oc1ccc(C)c(C)c1)C(=O)Nc1ccc2ccccc2c1. The van der Waals surface area contributed by atoms with Crippen molar-refractivity contribution in [1.29, 1.82) is 0 Å². The molecule has 0 bridgehead atoms. The summed E-state index contributed by atoms with van der Waals surface area (Å²) in [4.78, 5) is 12.6. The van der Waals surface area contributed by atoms with Gasteiger partial charge in [0.15, 0.2) is 6.10 Å². The monoisotopic (exact) mass is 333 g/mol. The number of benzene rings is 3. The number of carbonyl (C=O) groups is 1. The number of ether oxygens (including phenoxy) is 1. The molecule has 1 atom stereocenters. The molecule has 0 unspecified atom stereocenters. The van der Waals surface area contributed by atoms with Gasteiger partial charge in [-0.25, -0.2) is 0 Å². The first-order valence-corrected chi connectivity index (χ1v) is 8.60. The second kappa shape index (κ2) is 7.39. The Labute approximate surface area is 148 Å². The molecule has 25 heavy (non-hydrogen) atoms. The number of aryl methyl sites for hydroxylation is 2. The molecule has 3 aromatic rings. The average Bonchev–Trinajstić information content (AvgIpc) is 2.62. The summed E-state index contributed by atoms with van der Waals surface area (Å²) in [5.41, 5.74) is 3.15. The lowest BCUT2D eigenvalue weighted by atomic mass is 10.1. The van der Waals surface area contributed by atoms with Crippen LogP contribution in [0.1, 0.15) is 24.5 Å². The van der Waals surface area contributed by atoms with Crippen LogP contribution >= 0.6 is 0 Å². The molecule has 0 saturated heterocycles. The first-order valence-electron chi connectivity index (χ1n) is 8.60. The number of hydrogen-bond donors (Lipinski definition) is 1. The van der Waals surface area contributed by atoms with Crippen molar-refractivity contribution in [3.8, 4) is 5.75 Å². The van der Waals surface area contributed by atoms with Crippen LogP contribution in [0.25, 0.3) is 10.8 Å². The van der Waals surface area contributed by atoms with Crippen molar-refractivity contribution in [1.82, 2.24) is 0 Å². The van der Waals surface area contributed by atoms with Gasteiger partial charge in [0.2, 0.25) is 0 Å². The zero-order chi connectivity index (χ0) is 17.8. The molecule has 1 N–H and O–H groups in total. The van der Waals surface area contributed by atoms with Crippen molar-refractivity contribution in [3.63, 3.8) is 0 Å². The maximum atomic E-state index is 12.6. The van der Waals surface area contributed by atoms with E-state index in [1.54, 1.807) is 0 Å². The average molecular weight is 333 g/mol. The summed E-state index contributed by atoms with van der Waals surface area (Å²) in [5.74, 6) is 0.597. The van der Waals surface area contributed by atoms with E-state index in [1.165, 1.54) is 5.56 Å². The second-order valence-corrected chi connectivity index (χ2v) is 6.31. The third kappa shape index (κ3) is 4.00. The number of rotatable bonds is 5. The zero-order valence-electron chi connectivity index (χ0n) is 14.9. The molecule has 0 spiro atoms. The lowest BCUT2D eigenvalue weighted by molar-refractivity contribution is -0.122. The van der Waals surface area contributed by atoms with Gasteiger partial charge >= 0.3 is 0 Å². The summed E-state index contributed by atoms with van der Waals surface area (Å²) in [7, 11) is 0. The third-order valence-electron chi connectivity index (χ3n) is 4.44. The zero-order valence-corrected chi connectivity index (χ0v) is 14.9. The smallest absolute Gasteiger partial charge is 0.265 e. The highest BCUT2D eigenvalue weighted by Crippen LogP contribution is 2.21. The number of anilines is 1. The summed E-state index contributed by atoms with van der Waals surface area (Å²) in [6.45, 7) is 6.05. The fraction of sp³-hybridized carbons (Fsp3) is 0.227. The Morgan fingerprint density at radius 1 is 0.960 bits per heavy atom. The molecular weight excluding hydrogens is 310 g/mol. The van der Waals surface area contributed by atoms with Crippen molar-refractivity contribution in [3.05, 3.63) is 71.8 Å². The van der Waals surface area contributed by atoms with Crippen LogP contribution in [0.5, 0.6) is 5.75 Å². The summed E-state index contributed by atoms with van der Waals surface area (Å²) >= 11 is 0. The number of fused-ring (bicyclic) bond motifs is 1. The van der Waals surface area contributed by atoms with Crippen LogP contribution in [0.3, 0.4) is 0 Å². The Kier molecular flexibility index (Phi) is 5.03. The summed E-state index contributed by atoms with van der Waals surface area (Å²) in [6, 6.07) is 19.9. The molecule has 0 fully saturated rings. The predicted octanol–water partition coefficient (Wildman–Crippen LogP) is 5.25. The predicted molar refractivity (Wildman–Crippen MR) is 103 cm³/mol. The van der Waals surface area contributed by atoms with Crippen molar-refractivity contribution < 1.29 is 9.53 Å². The highest BCUT2D eigenvalue weighted by molar-refractivity contribution is 5.96. The van der Waals surface area contributed by atoms with Crippen molar-refractivity contribution in [2.45, 2.75) is 33.3 Å². The van der Waals surface area contributed by atoms with Crippen LogP contribution in [-0.4, -0.2) is 12.0 Å². The van der Waals surface area contributed by atoms with Crippen LogP contribution in [0, 0.1) is 13.8 Å². The fourth-order valence-corrected chi connectivity index (χ4v) is 2.76. The lowest BCUT2D eigenvalue weighted by Gasteiger charge is -2.18. The summed E-state index contributed by atoms with van der Waals surface area (Å²) in [5, 5.41) is 5.22. The largest absolute Gasteiger partial charge is 0.481 e. The number of carbonyl (C=O) groups excluding carboxylic acids is 1. The topological polar surface area (TPSA) is 38.3 Å². The van der Waals surface area contributed by atoms with Crippen LogP contribution in [0.4, 0.5) is 5.69 Å². The van der Waals surface area contributed by atoms with Gasteiger partial charge in [-0.3, -0.25) is 4.79 Å². The molecule has 3 nitrogen and oxygen atoms in total. The van der Waals surface area contributed by atoms with Gasteiger partial charge in [0, 0.05) is 5.69 Å². The molecule has 0 saturated carbocycles. The second-order valence-electron chi connectivity index (χ2n) is 6.31. The van der Waals surface area contributed by atoms with Crippen molar-refractivity contribution in [2.24, 2.45) is 0 Å². The third-order valence-corrected chi connectivity index (χ3v) is 4.44. The Morgan fingerprint density at radius 3 is 2.44 bits per heavy atom. The van der Waals surface area contributed by atoms with Gasteiger partial charge in [-0.05, 0) is 66.4 Å². The maximum Gasteiger partial charge on any atom is 0.265 e. The number of amides is 1. The Bertz CT molecular complexity index is 901. The minimum atomic E-state index is -0.520. The van der Waals surface area contributed by atoms with Crippen molar-refractivity contribution >= 4 is 22.4 Å². The van der Waals surface area contributed by atoms with Crippen LogP contribution in [-0.2, 0) is 4.79 Å². The first kappa shape index (κ1) is 17.0. The van der Waals surface area contributed by atoms with E-state index in [1.807, 2.05) is 68.4 Å². The van der Waals surface area contributed by atoms with Gasteiger partial charge in [-0.15, -0.1) is 0 Å². The lowest BCUT2D eigenvalue weighted by Crippen LogP contribution is -2.32. The molecule has 128 valence electrons. The van der Waals surface area contributed by atoms with E-state index in [0.29, 0.717) is 6.42 Å². The van der Waals surface area contributed by atoms with Gasteiger partial charge in [-0.1, -0.05) is 43.3 Å².